The fourth-order valence-corrected chi connectivity index (χ4v) is 2.73. The van der Waals surface area contributed by atoms with Crippen LogP contribution in [0.5, 0.6) is 0 Å². The van der Waals surface area contributed by atoms with Gasteiger partial charge in [-0.3, -0.25) is 0 Å². The van der Waals surface area contributed by atoms with Crippen molar-refractivity contribution in [2.24, 2.45) is 0 Å². The highest BCUT2D eigenvalue weighted by Crippen LogP contribution is 2.20. The van der Waals surface area contributed by atoms with Gasteiger partial charge in [-0.1, -0.05) is 11.6 Å². The summed E-state index contributed by atoms with van der Waals surface area (Å²) in [5, 5.41) is 9.31. The Morgan fingerprint density at radius 3 is 2.47 bits per heavy atom. The fraction of sp³-hybridized carbons (Fsp3) is 0.364. The van der Waals surface area contributed by atoms with E-state index in [4.69, 9.17) is 16.9 Å². The number of hydrogen-bond acceptors (Lipinski definition) is 3. The molecule has 1 N–H and O–H groups in total. The Bertz CT molecular complexity index is 574. The van der Waals surface area contributed by atoms with Crippen LogP contribution in [0.3, 0.4) is 0 Å². The van der Waals surface area contributed by atoms with Gasteiger partial charge in [-0.25, -0.2) is 8.42 Å². The first-order chi connectivity index (χ1) is 7.68. The fourth-order valence-electron chi connectivity index (χ4n) is 1.20. The van der Waals surface area contributed by atoms with Crippen molar-refractivity contribution in [1.82, 2.24) is 4.72 Å². The van der Waals surface area contributed by atoms with Crippen molar-refractivity contribution in [3.05, 3.63) is 28.8 Å². The number of rotatable bonds is 3. The van der Waals surface area contributed by atoms with Gasteiger partial charge in [0.2, 0.25) is 10.0 Å². The summed E-state index contributed by atoms with van der Waals surface area (Å²) in [6.45, 7) is 4.71. The lowest BCUT2D eigenvalue weighted by Gasteiger charge is -2.17. The van der Waals surface area contributed by atoms with Crippen LogP contribution in [0.1, 0.15) is 19.4 Å². The van der Waals surface area contributed by atoms with Crippen LogP contribution in [0.25, 0.3) is 0 Å². The molecule has 0 amide bonds. The van der Waals surface area contributed by atoms with Crippen molar-refractivity contribution in [2.45, 2.75) is 31.2 Å². The van der Waals surface area contributed by atoms with Crippen molar-refractivity contribution in [3.8, 4) is 6.07 Å². The van der Waals surface area contributed by atoms with E-state index in [-0.39, 0.29) is 4.90 Å². The molecule has 0 heterocycles. The van der Waals surface area contributed by atoms with Crippen molar-refractivity contribution in [3.63, 3.8) is 0 Å². The molecule has 0 bridgehead atoms. The Morgan fingerprint density at radius 1 is 1.41 bits per heavy atom. The number of benzene rings is 1. The summed E-state index contributed by atoms with van der Waals surface area (Å²) >= 11 is 5.82. The zero-order chi connectivity index (χ0) is 13.3. The Hall–Kier alpha value is -1.09. The van der Waals surface area contributed by atoms with E-state index >= 15 is 0 Å². The first-order valence-corrected chi connectivity index (χ1v) is 6.75. The molecule has 1 aromatic rings. The summed E-state index contributed by atoms with van der Waals surface area (Å²) in [5.74, 6) is 0. The van der Waals surface area contributed by atoms with E-state index in [1.54, 1.807) is 6.92 Å². The summed E-state index contributed by atoms with van der Waals surface area (Å²) in [6.07, 6.45) is 0. The molecule has 0 spiro atoms. The maximum Gasteiger partial charge on any atom is 0.241 e. The molecule has 0 aromatic heterocycles. The minimum Gasteiger partial charge on any atom is -0.207 e. The highest BCUT2D eigenvalue weighted by Gasteiger charge is 2.25. The monoisotopic (exact) mass is 272 g/mol. The second-order valence-electron chi connectivity index (χ2n) is 4.25. The third-order valence-corrected chi connectivity index (χ3v) is 4.19. The average molecular weight is 273 g/mol. The maximum absolute atomic E-state index is 12.0. The smallest absolute Gasteiger partial charge is 0.207 e. The molecule has 0 unspecified atom stereocenters. The summed E-state index contributed by atoms with van der Waals surface area (Å²) in [7, 11) is -3.70. The van der Waals surface area contributed by atoms with Gasteiger partial charge < -0.3 is 0 Å². The van der Waals surface area contributed by atoms with Gasteiger partial charge in [0, 0.05) is 5.02 Å². The molecule has 0 atom stereocenters. The van der Waals surface area contributed by atoms with E-state index in [2.05, 4.69) is 4.72 Å². The highest BCUT2D eigenvalue weighted by molar-refractivity contribution is 7.89. The Morgan fingerprint density at radius 2 is 2.00 bits per heavy atom. The van der Waals surface area contributed by atoms with Gasteiger partial charge in [-0.15, -0.1) is 0 Å². The van der Waals surface area contributed by atoms with Crippen molar-refractivity contribution in [2.75, 3.05) is 0 Å². The number of sulfonamides is 1. The van der Waals surface area contributed by atoms with Crippen LogP contribution in [-0.2, 0) is 10.0 Å². The van der Waals surface area contributed by atoms with Crippen LogP contribution in [-0.4, -0.2) is 14.0 Å². The lowest BCUT2D eigenvalue weighted by molar-refractivity contribution is 0.535. The Kier molecular flexibility index (Phi) is 3.82. The van der Waals surface area contributed by atoms with Gasteiger partial charge in [0.15, 0.2) is 0 Å². The molecule has 0 aliphatic rings. The number of hydrogen-bond donors (Lipinski definition) is 1. The molecule has 0 fully saturated rings. The summed E-state index contributed by atoms with van der Waals surface area (Å²) in [6, 6.07) is 6.27. The van der Waals surface area contributed by atoms with Gasteiger partial charge in [0.1, 0.15) is 5.54 Å². The predicted molar refractivity (Wildman–Crippen MR) is 66.2 cm³/mol. The largest absolute Gasteiger partial charge is 0.241 e. The molecule has 0 saturated carbocycles. The van der Waals surface area contributed by atoms with Gasteiger partial charge in [-0.2, -0.15) is 9.98 Å². The number of nitrogens with zero attached hydrogens (tertiary/aromatic N) is 1. The average Bonchev–Trinajstić information content (AvgIpc) is 2.20. The van der Waals surface area contributed by atoms with Crippen LogP contribution >= 0.6 is 11.6 Å². The second kappa shape index (κ2) is 4.65. The molecular formula is C11H13ClN2O2S. The van der Waals surface area contributed by atoms with E-state index < -0.39 is 15.6 Å². The normalized spacial score (nSPS) is 12.2. The highest BCUT2D eigenvalue weighted by atomic mass is 35.5. The molecule has 1 aromatic carbocycles. The van der Waals surface area contributed by atoms with E-state index in [0.717, 1.165) is 0 Å². The third kappa shape index (κ3) is 3.43. The quantitative estimate of drug-likeness (QED) is 0.917. The lowest BCUT2D eigenvalue weighted by atomic mass is 10.1. The summed E-state index contributed by atoms with van der Waals surface area (Å²) < 4.78 is 26.2. The predicted octanol–water partition coefficient (Wildman–Crippen LogP) is 2.23. The first-order valence-electron chi connectivity index (χ1n) is 4.89. The van der Waals surface area contributed by atoms with Crippen LogP contribution in [0, 0.1) is 18.3 Å². The molecule has 1 rings (SSSR count). The zero-order valence-corrected chi connectivity index (χ0v) is 11.4. The van der Waals surface area contributed by atoms with Gasteiger partial charge in [-0.05, 0) is 44.5 Å². The number of nitriles is 1. The number of halogens is 1. The minimum atomic E-state index is -3.70. The molecule has 0 aliphatic heterocycles. The zero-order valence-electron chi connectivity index (χ0n) is 9.78. The third-order valence-electron chi connectivity index (χ3n) is 2.11. The van der Waals surface area contributed by atoms with E-state index in [9.17, 15) is 8.42 Å². The van der Waals surface area contributed by atoms with Crippen molar-refractivity contribution >= 4 is 21.6 Å². The Labute approximate surface area is 106 Å². The van der Waals surface area contributed by atoms with Crippen LogP contribution in [0.4, 0.5) is 0 Å². The Balaban J connectivity index is 3.16. The standard InChI is InChI=1S/C11H13ClN2O2S/c1-8-6-9(4-5-10(8)12)17(15,16)14-11(2,3)7-13/h4-6,14H,1-3H3. The minimum absolute atomic E-state index is 0.0997. The van der Waals surface area contributed by atoms with Crippen molar-refractivity contribution < 1.29 is 8.42 Å². The second-order valence-corrected chi connectivity index (χ2v) is 6.34. The van der Waals surface area contributed by atoms with E-state index in [1.807, 2.05) is 6.07 Å². The summed E-state index contributed by atoms with van der Waals surface area (Å²) in [4.78, 5) is 0.0997. The van der Waals surface area contributed by atoms with Gasteiger partial charge >= 0.3 is 0 Å². The van der Waals surface area contributed by atoms with Gasteiger partial charge in [0.05, 0.1) is 11.0 Å². The molecule has 0 saturated heterocycles. The topological polar surface area (TPSA) is 70.0 Å². The summed E-state index contributed by atoms with van der Waals surface area (Å²) in [5.41, 5.74) is -0.476. The molecule has 0 aliphatic carbocycles. The van der Waals surface area contributed by atoms with E-state index in [1.165, 1.54) is 32.0 Å². The van der Waals surface area contributed by atoms with Crippen LogP contribution in [0.15, 0.2) is 23.1 Å². The molecule has 6 heteroatoms. The molecule has 0 radical (unpaired) electrons. The molecule has 17 heavy (non-hydrogen) atoms. The molecule has 92 valence electrons. The molecule has 4 nitrogen and oxygen atoms in total. The first kappa shape index (κ1) is 14.0. The number of nitrogens with one attached hydrogen (secondary N) is 1. The molecular weight excluding hydrogens is 260 g/mol. The van der Waals surface area contributed by atoms with E-state index in [0.29, 0.717) is 10.6 Å². The van der Waals surface area contributed by atoms with Gasteiger partial charge in [0.25, 0.3) is 0 Å². The van der Waals surface area contributed by atoms with Crippen molar-refractivity contribution in [1.29, 1.82) is 5.26 Å². The van der Waals surface area contributed by atoms with Crippen LogP contribution < -0.4 is 4.72 Å². The van der Waals surface area contributed by atoms with Crippen LogP contribution in [0.2, 0.25) is 5.02 Å². The number of aryl methyl sites for hydroxylation is 1. The SMILES string of the molecule is Cc1cc(S(=O)(=O)NC(C)(C)C#N)ccc1Cl. The lowest BCUT2D eigenvalue weighted by Crippen LogP contribution is -2.41. The maximum atomic E-state index is 12.0.